The third-order valence-corrected chi connectivity index (χ3v) is 5.71. The van der Waals surface area contributed by atoms with Crippen molar-refractivity contribution in [2.24, 2.45) is 0 Å². The average molecular weight is 484 g/mol. The van der Waals surface area contributed by atoms with E-state index in [1.54, 1.807) is 14.2 Å². The lowest BCUT2D eigenvalue weighted by Crippen LogP contribution is -2.33. The molecule has 0 saturated heterocycles. The molecule has 0 saturated carbocycles. The van der Waals surface area contributed by atoms with Crippen molar-refractivity contribution in [3.05, 3.63) is 41.6 Å². The summed E-state index contributed by atoms with van der Waals surface area (Å²) in [5.41, 5.74) is 3.62. The van der Waals surface area contributed by atoms with Crippen molar-refractivity contribution in [3.8, 4) is 28.4 Å². The predicted molar refractivity (Wildman–Crippen MR) is 139 cm³/mol. The number of hydrogen-bond donors (Lipinski definition) is 3. The summed E-state index contributed by atoms with van der Waals surface area (Å²) < 4.78 is 16.6. The molecule has 0 aliphatic carbocycles. The highest BCUT2D eigenvalue weighted by atomic mass is 16.6. The second kappa shape index (κ2) is 10.9. The van der Waals surface area contributed by atoms with Crippen LogP contribution in [-0.2, 0) is 17.6 Å². The number of hydrogen-bond acceptors (Lipinski definition) is 6. The monoisotopic (exact) mass is 483 g/mol. The van der Waals surface area contributed by atoms with Gasteiger partial charge in [-0.25, -0.2) is 4.79 Å². The second-order valence-corrected chi connectivity index (χ2v) is 9.77. The molecule has 0 atom stereocenters. The zero-order chi connectivity index (χ0) is 25.8. The molecule has 2 aromatic carbocycles. The number of carbonyl (C=O) groups excluding carboxylic acids is 1. The fraction of sp³-hybridized carbons (Fsp3) is 0.444. The van der Waals surface area contributed by atoms with E-state index < -0.39 is 11.7 Å². The van der Waals surface area contributed by atoms with E-state index >= 15 is 0 Å². The van der Waals surface area contributed by atoms with E-state index in [1.807, 2.05) is 65.3 Å². The van der Waals surface area contributed by atoms with E-state index in [0.717, 1.165) is 35.0 Å². The van der Waals surface area contributed by atoms with Crippen LogP contribution in [0, 0.1) is 0 Å². The zero-order valence-corrected chi connectivity index (χ0v) is 21.7. The van der Waals surface area contributed by atoms with Crippen molar-refractivity contribution in [1.29, 1.82) is 0 Å². The minimum Gasteiger partial charge on any atom is -0.505 e. The van der Waals surface area contributed by atoms with Crippen LogP contribution in [0.2, 0.25) is 0 Å². The van der Waals surface area contributed by atoms with E-state index in [2.05, 4.69) is 15.2 Å². The Bertz CT molecular complexity index is 1180. The van der Waals surface area contributed by atoms with Gasteiger partial charge in [-0.1, -0.05) is 12.1 Å². The molecule has 1 heterocycles. The molecule has 8 heteroatoms. The highest BCUT2D eigenvalue weighted by Crippen LogP contribution is 2.46. The molecule has 3 N–H and O–H groups in total. The molecule has 3 rings (SSSR count). The number of alkyl carbamates (subject to hydrolysis) is 1. The van der Waals surface area contributed by atoms with Crippen LogP contribution >= 0.6 is 0 Å². The van der Waals surface area contributed by atoms with Gasteiger partial charge in [0, 0.05) is 35.8 Å². The van der Waals surface area contributed by atoms with Crippen LogP contribution < -0.4 is 14.8 Å². The second-order valence-electron chi connectivity index (χ2n) is 9.77. The van der Waals surface area contributed by atoms with E-state index in [0.29, 0.717) is 35.5 Å². The first-order valence-electron chi connectivity index (χ1n) is 11.7. The van der Waals surface area contributed by atoms with Gasteiger partial charge in [-0.05, 0) is 71.0 Å². The van der Waals surface area contributed by atoms with Gasteiger partial charge in [0.1, 0.15) is 11.4 Å². The number of rotatable bonds is 9. The minimum atomic E-state index is -0.542. The van der Waals surface area contributed by atoms with Gasteiger partial charge in [-0.2, -0.15) is 0 Å². The topological polar surface area (TPSA) is 96.1 Å². The van der Waals surface area contributed by atoms with Crippen molar-refractivity contribution in [3.63, 3.8) is 0 Å². The summed E-state index contributed by atoms with van der Waals surface area (Å²) >= 11 is 0. The van der Waals surface area contributed by atoms with Crippen LogP contribution in [0.25, 0.3) is 22.0 Å². The van der Waals surface area contributed by atoms with Crippen molar-refractivity contribution >= 4 is 17.0 Å². The lowest BCUT2D eigenvalue weighted by molar-refractivity contribution is 0.0528. The van der Waals surface area contributed by atoms with Crippen molar-refractivity contribution in [1.82, 2.24) is 15.2 Å². The molecular formula is C27H37N3O5. The largest absolute Gasteiger partial charge is 0.505 e. The van der Waals surface area contributed by atoms with Crippen molar-refractivity contribution < 1.29 is 24.1 Å². The molecule has 0 radical (unpaired) electrons. The lowest BCUT2D eigenvalue weighted by atomic mass is 9.93. The molecule has 1 amide bonds. The molecule has 8 nitrogen and oxygen atoms in total. The van der Waals surface area contributed by atoms with Gasteiger partial charge in [0.2, 0.25) is 0 Å². The Morgan fingerprint density at radius 1 is 1.06 bits per heavy atom. The number of aromatic hydroxyl groups is 1. The van der Waals surface area contributed by atoms with Crippen LogP contribution in [-0.4, -0.2) is 68.1 Å². The molecule has 0 aliphatic heterocycles. The summed E-state index contributed by atoms with van der Waals surface area (Å²) in [5.74, 6) is 1.34. The normalized spacial score (nSPS) is 11.7. The number of amides is 1. The number of carbonyl (C=O) groups is 1. The Hall–Kier alpha value is -3.39. The summed E-state index contributed by atoms with van der Waals surface area (Å²) in [6, 6.07) is 7.81. The molecular weight excluding hydrogens is 446 g/mol. The Balaban J connectivity index is 1.94. The van der Waals surface area contributed by atoms with Crippen molar-refractivity contribution in [2.45, 2.75) is 39.2 Å². The lowest BCUT2D eigenvalue weighted by Gasteiger charge is -2.20. The number of likely N-dealkylation sites (N-methyl/N-ethyl adjacent to an activating group) is 1. The summed E-state index contributed by atoms with van der Waals surface area (Å²) in [6.07, 6.45) is 2.79. The SMILES string of the molecule is COc1ccc(CCN(C)C)c(-c2ccc3c(CCNC(=O)OC(C)(C)C)c[nH]c3c2O)c1OC. The molecule has 1 aromatic heterocycles. The molecule has 3 aromatic rings. The number of phenols is 1. The maximum Gasteiger partial charge on any atom is 0.407 e. The molecule has 0 bridgehead atoms. The Kier molecular flexibility index (Phi) is 8.17. The molecule has 190 valence electrons. The van der Waals surface area contributed by atoms with Gasteiger partial charge in [-0.3, -0.25) is 0 Å². The van der Waals surface area contributed by atoms with E-state index in [1.165, 1.54) is 0 Å². The quantitative estimate of drug-likeness (QED) is 0.407. The average Bonchev–Trinajstić information content (AvgIpc) is 3.20. The number of benzene rings is 2. The maximum absolute atomic E-state index is 11.9. The minimum absolute atomic E-state index is 0.145. The summed E-state index contributed by atoms with van der Waals surface area (Å²) in [5, 5.41) is 15.0. The number of aromatic amines is 1. The van der Waals surface area contributed by atoms with E-state index in [9.17, 15) is 9.90 Å². The standard InChI is InChI=1S/C27H37N3O5/c1-27(2,3)35-26(32)28-14-12-18-16-29-23-19(18)9-10-20(24(23)31)22-17(13-15-30(4)5)8-11-21(33-6)25(22)34-7/h8-11,16,29,31H,12-15H2,1-7H3,(H,28,32). The number of phenolic OH excluding ortho intramolecular Hbond substituents is 1. The van der Waals surface area contributed by atoms with Gasteiger partial charge in [0.25, 0.3) is 0 Å². The fourth-order valence-electron chi connectivity index (χ4n) is 4.08. The first kappa shape index (κ1) is 26.2. The van der Waals surface area contributed by atoms with Gasteiger partial charge in [-0.15, -0.1) is 0 Å². The zero-order valence-electron chi connectivity index (χ0n) is 21.7. The van der Waals surface area contributed by atoms with Gasteiger partial charge >= 0.3 is 6.09 Å². The van der Waals surface area contributed by atoms with Crippen LogP contribution in [0.5, 0.6) is 17.2 Å². The van der Waals surface area contributed by atoms with E-state index in [-0.39, 0.29) is 5.75 Å². The number of methoxy groups -OCH3 is 2. The predicted octanol–water partition coefficient (Wildman–Crippen LogP) is 4.73. The number of ether oxygens (including phenoxy) is 3. The number of fused-ring (bicyclic) bond motifs is 1. The Morgan fingerprint density at radius 2 is 1.80 bits per heavy atom. The number of nitrogens with one attached hydrogen (secondary N) is 2. The number of aromatic nitrogens is 1. The molecule has 0 fully saturated rings. The van der Waals surface area contributed by atoms with Gasteiger partial charge in [0.05, 0.1) is 19.7 Å². The maximum atomic E-state index is 11.9. The first-order chi connectivity index (χ1) is 16.6. The van der Waals surface area contributed by atoms with Crippen LogP contribution in [0.4, 0.5) is 4.79 Å². The fourth-order valence-corrected chi connectivity index (χ4v) is 4.08. The summed E-state index contributed by atoms with van der Waals surface area (Å²) in [6.45, 7) is 6.76. The van der Waals surface area contributed by atoms with Gasteiger partial charge < -0.3 is 34.5 Å². The van der Waals surface area contributed by atoms with E-state index in [4.69, 9.17) is 14.2 Å². The van der Waals surface area contributed by atoms with Crippen LogP contribution in [0.15, 0.2) is 30.5 Å². The highest BCUT2D eigenvalue weighted by Gasteiger charge is 2.22. The highest BCUT2D eigenvalue weighted by molar-refractivity contribution is 5.96. The summed E-state index contributed by atoms with van der Waals surface area (Å²) in [7, 11) is 7.27. The number of nitrogens with zero attached hydrogens (tertiary/aromatic N) is 1. The smallest absolute Gasteiger partial charge is 0.407 e. The molecule has 0 spiro atoms. The molecule has 0 aliphatic rings. The summed E-state index contributed by atoms with van der Waals surface area (Å²) in [4.78, 5) is 17.3. The first-order valence-corrected chi connectivity index (χ1v) is 11.7. The third-order valence-electron chi connectivity index (χ3n) is 5.71. The molecule has 0 unspecified atom stereocenters. The Labute approximate surface area is 207 Å². The van der Waals surface area contributed by atoms with Crippen LogP contribution in [0.3, 0.4) is 0 Å². The van der Waals surface area contributed by atoms with Crippen molar-refractivity contribution in [2.75, 3.05) is 41.4 Å². The molecule has 35 heavy (non-hydrogen) atoms. The third kappa shape index (κ3) is 6.19. The van der Waals surface area contributed by atoms with Crippen LogP contribution in [0.1, 0.15) is 31.9 Å². The van der Waals surface area contributed by atoms with Gasteiger partial charge in [0.15, 0.2) is 11.5 Å². The Morgan fingerprint density at radius 3 is 2.43 bits per heavy atom. The number of H-pyrrole nitrogens is 1.